The predicted octanol–water partition coefficient (Wildman–Crippen LogP) is 2.49. The Labute approximate surface area is 81.7 Å². The van der Waals surface area contributed by atoms with E-state index in [1.54, 1.807) is 6.33 Å². The van der Waals surface area contributed by atoms with Gasteiger partial charge in [0, 0.05) is 5.56 Å². The number of allylic oxidation sites excluding steroid dienone is 1. The summed E-state index contributed by atoms with van der Waals surface area (Å²) >= 11 is 0. The first-order valence-corrected chi connectivity index (χ1v) is 4.37. The van der Waals surface area contributed by atoms with Crippen molar-refractivity contribution < 1.29 is 0 Å². The van der Waals surface area contributed by atoms with Crippen molar-refractivity contribution >= 4 is 17.1 Å². The van der Waals surface area contributed by atoms with Gasteiger partial charge >= 0.3 is 0 Å². The Kier molecular flexibility index (Phi) is 2.28. The van der Waals surface area contributed by atoms with E-state index in [0.717, 1.165) is 16.6 Å². The number of fused-ring (bicyclic) bond motifs is 1. The molecule has 0 unspecified atom stereocenters. The van der Waals surface area contributed by atoms with Crippen molar-refractivity contribution in [1.82, 2.24) is 9.97 Å². The Bertz CT molecular complexity index is 502. The smallest absolute Gasteiger partial charge is 0.0954 e. The number of benzene rings is 1. The molecule has 3 heteroatoms. The standard InChI is InChI=1S/C11H9N3/c12-7-2-1-4-9-5-3-6-10-11(9)14-8-13-10/h1,3-6,8H,2H2,(H,13,14). The van der Waals surface area contributed by atoms with Gasteiger partial charge < -0.3 is 4.98 Å². The Morgan fingerprint density at radius 3 is 3.29 bits per heavy atom. The van der Waals surface area contributed by atoms with E-state index in [2.05, 4.69) is 16.0 Å². The number of nitriles is 1. The maximum Gasteiger partial charge on any atom is 0.0954 e. The van der Waals surface area contributed by atoms with Gasteiger partial charge in [-0.1, -0.05) is 24.3 Å². The summed E-state index contributed by atoms with van der Waals surface area (Å²) in [5.41, 5.74) is 3.00. The summed E-state index contributed by atoms with van der Waals surface area (Å²) in [6.07, 6.45) is 5.86. The van der Waals surface area contributed by atoms with Crippen LogP contribution in [0.2, 0.25) is 0 Å². The average Bonchev–Trinajstić information content (AvgIpc) is 2.67. The topological polar surface area (TPSA) is 52.5 Å². The van der Waals surface area contributed by atoms with Crippen molar-refractivity contribution in [2.24, 2.45) is 0 Å². The normalized spacial score (nSPS) is 10.8. The molecule has 2 aromatic rings. The van der Waals surface area contributed by atoms with E-state index in [-0.39, 0.29) is 0 Å². The van der Waals surface area contributed by atoms with E-state index < -0.39 is 0 Å². The molecule has 0 fully saturated rings. The molecule has 0 spiro atoms. The number of nitrogens with zero attached hydrogens (tertiary/aromatic N) is 2. The number of hydrogen-bond donors (Lipinski definition) is 1. The zero-order valence-corrected chi connectivity index (χ0v) is 7.57. The fourth-order valence-corrected chi connectivity index (χ4v) is 1.36. The van der Waals surface area contributed by atoms with Gasteiger partial charge in [-0.2, -0.15) is 5.26 Å². The maximum absolute atomic E-state index is 8.39. The fourth-order valence-electron chi connectivity index (χ4n) is 1.36. The molecule has 0 aliphatic heterocycles. The van der Waals surface area contributed by atoms with E-state index in [0.29, 0.717) is 6.42 Å². The molecule has 1 heterocycles. The van der Waals surface area contributed by atoms with Crippen molar-refractivity contribution in [3.05, 3.63) is 36.2 Å². The van der Waals surface area contributed by atoms with E-state index in [9.17, 15) is 0 Å². The van der Waals surface area contributed by atoms with Crippen molar-refractivity contribution in [3.63, 3.8) is 0 Å². The lowest BCUT2D eigenvalue weighted by atomic mass is 10.1. The third-order valence-corrected chi connectivity index (χ3v) is 1.99. The molecule has 0 aliphatic rings. The first-order valence-electron chi connectivity index (χ1n) is 4.37. The van der Waals surface area contributed by atoms with Gasteiger partial charge in [-0.05, 0) is 6.07 Å². The SMILES string of the molecule is N#CCC=Cc1cccc2[nH]cnc12. The number of aromatic amines is 1. The molecule has 0 saturated heterocycles. The van der Waals surface area contributed by atoms with Crippen molar-refractivity contribution in [2.45, 2.75) is 6.42 Å². The summed E-state index contributed by atoms with van der Waals surface area (Å²) in [6, 6.07) is 7.99. The zero-order valence-electron chi connectivity index (χ0n) is 7.57. The first kappa shape index (κ1) is 8.52. The summed E-state index contributed by atoms with van der Waals surface area (Å²) < 4.78 is 0. The lowest BCUT2D eigenvalue weighted by molar-refractivity contribution is 1.34. The van der Waals surface area contributed by atoms with E-state index in [4.69, 9.17) is 5.26 Å². The van der Waals surface area contributed by atoms with Gasteiger partial charge in [-0.15, -0.1) is 0 Å². The largest absolute Gasteiger partial charge is 0.345 e. The molecular weight excluding hydrogens is 174 g/mol. The molecule has 1 aromatic carbocycles. The van der Waals surface area contributed by atoms with Gasteiger partial charge in [0.15, 0.2) is 0 Å². The van der Waals surface area contributed by atoms with Gasteiger partial charge in [0.2, 0.25) is 0 Å². The highest BCUT2D eigenvalue weighted by molar-refractivity contribution is 5.84. The summed E-state index contributed by atoms with van der Waals surface area (Å²) in [5, 5.41) is 8.39. The molecule has 0 atom stereocenters. The van der Waals surface area contributed by atoms with Crippen LogP contribution >= 0.6 is 0 Å². The molecule has 1 aromatic heterocycles. The van der Waals surface area contributed by atoms with Crippen molar-refractivity contribution in [3.8, 4) is 6.07 Å². The summed E-state index contributed by atoms with van der Waals surface area (Å²) in [7, 11) is 0. The predicted molar refractivity (Wildman–Crippen MR) is 55.4 cm³/mol. The number of imidazole rings is 1. The van der Waals surface area contributed by atoms with E-state index in [1.807, 2.05) is 30.4 Å². The summed E-state index contributed by atoms with van der Waals surface area (Å²) in [6.45, 7) is 0. The first-order chi connectivity index (χ1) is 6.92. The highest BCUT2D eigenvalue weighted by Crippen LogP contribution is 2.15. The van der Waals surface area contributed by atoms with Crippen LogP contribution in [0, 0.1) is 11.3 Å². The molecular formula is C11H9N3. The lowest BCUT2D eigenvalue weighted by Gasteiger charge is -1.93. The molecule has 2 rings (SSSR count). The number of rotatable bonds is 2. The number of hydrogen-bond acceptors (Lipinski definition) is 2. The van der Waals surface area contributed by atoms with Crippen molar-refractivity contribution in [2.75, 3.05) is 0 Å². The molecule has 0 radical (unpaired) electrons. The molecule has 0 bridgehead atoms. The van der Waals surface area contributed by atoms with Crippen molar-refractivity contribution in [1.29, 1.82) is 5.26 Å². The number of para-hydroxylation sites is 1. The minimum atomic E-state index is 0.431. The zero-order chi connectivity index (χ0) is 9.80. The third kappa shape index (κ3) is 1.50. The van der Waals surface area contributed by atoms with Crippen LogP contribution in [0.5, 0.6) is 0 Å². The fraction of sp³-hybridized carbons (Fsp3) is 0.0909. The minimum absolute atomic E-state index is 0.431. The van der Waals surface area contributed by atoms with Crippen LogP contribution in [0.15, 0.2) is 30.6 Å². The Morgan fingerprint density at radius 1 is 1.50 bits per heavy atom. The van der Waals surface area contributed by atoms with E-state index >= 15 is 0 Å². The lowest BCUT2D eigenvalue weighted by Crippen LogP contribution is -1.75. The van der Waals surface area contributed by atoms with Gasteiger partial charge in [0.25, 0.3) is 0 Å². The number of H-pyrrole nitrogens is 1. The van der Waals surface area contributed by atoms with Gasteiger partial charge in [-0.25, -0.2) is 4.98 Å². The quantitative estimate of drug-likeness (QED) is 0.777. The Balaban J connectivity index is 2.42. The Morgan fingerprint density at radius 2 is 2.43 bits per heavy atom. The molecule has 0 amide bonds. The second-order valence-electron chi connectivity index (χ2n) is 2.91. The molecule has 0 saturated carbocycles. The van der Waals surface area contributed by atoms with Crippen LogP contribution in [-0.2, 0) is 0 Å². The Hall–Kier alpha value is -2.08. The second kappa shape index (κ2) is 3.75. The van der Waals surface area contributed by atoms with E-state index in [1.165, 1.54) is 0 Å². The third-order valence-electron chi connectivity index (χ3n) is 1.99. The van der Waals surface area contributed by atoms with Gasteiger partial charge in [-0.3, -0.25) is 0 Å². The summed E-state index contributed by atoms with van der Waals surface area (Å²) in [5.74, 6) is 0. The van der Waals surface area contributed by atoms with Crippen LogP contribution in [0.3, 0.4) is 0 Å². The summed E-state index contributed by atoms with van der Waals surface area (Å²) in [4.78, 5) is 7.25. The molecule has 1 N–H and O–H groups in total. The number of nitrogens with one attached hydrogen (secondary N) is 1. The second-order valence-corrected chi connectivity index (χ2v) is 2.91. The molecule has 3 nitrogen and oxygen atoms in total. The monoisotopic (exact) mass is 183 g/mol. The van der Waals surface area contributed by atoms with Gasteiger partial charge in [0.1, 0.15) is 0 Å². The van der Waals surface area contributed by atoms with Crippen LogP contribution in [-0.4, -0.2) is 9.97 Å². The van der Waals surface area contributed by atoms with Crippen LogP contribution in [0.4, 0.5) is 0 Å². The number of aromatic nitrogens is 2. The van der Waals surface area contributed by atoms with Crippen LogP contribution in [0.25, 0.3) is 17.1 Å². The maximum atomic E-state index is 8.39. The van der Waals surface area contributed by atoms with Crippen LogP contribution < -0.4 is 0 Å². The molecule has 68 valence electrons. The minimum Gasteiger partial charge on any atom is -0.345 e. The van der Waals surface area contributed by atoms with Crippen LogP contribution in [0.1, 0.15) is 12.0 Å². The molecule has 14 heavy (non-hydrogen) atoms. The highest BCUT2D eigenvalue weighted by Gasteiger charge is 1.98. The average molecular weight is 183 g/mol. The molecule has 0 aliphatic carbocycles. The van der Waals surface area contributed by atoms with Gasteiger partial charge in [0.05, 0.1) is 29.9 Å². The highest BCUT2D eigenvalue weighted by atomic mass is 14.9.